The molecule has 0 radical (unpaired) electrons. The summed E-state index contributed by atoms with van der Waals surface area (Å²) in [5, 5.41) is 0. The predicted molar refractivity (Wildman–Crippen MR) is 61.5 cm³/mol. The highest BCUT2D eigenvalue weighted by molar-refractivity contribution is 5.96. The molecule has 1 unspecified atom stereocenters. The average molecular weight is 239 g/mol. The molecular formula is C12H17NO4. The zero-order chi connectivity index (χ0) is 13.1. The Bertz CT molecular complexity index is 389. The first-order chi connectivity index (χ1) is 7.79. The van der Waals surface area contributed by atoms with E-state index in [1.54, 1.807) is 26.8 Å². The van der Waals surface area contributed by atoms with Gasteiger partial charge in [0.25, 0.3) is 0 Å². The molecule has 17 heavy (non-hydrogen) atoms. The lowest BCUT2D eigenvalue weighted by Crippen LogP contribution is -2.38. The number of esters is 1. The van der Waals surface area contributed by atoms with Crippen LogP contribution in [0.2, 0.25) is 0 Å². The summed E-state index contributed by atoms with van der Waals surface area (Å²) in [7, 11) is 0. The van der Waals surface area contributed by atoms with Gasteiger partial charge in [-0.1, -0.05) is 0 Å². The van der Waals surface area contributed by atoms with Gasteiger partial charge in [0.15, 0.2) is 11.5 Å². The van der Waals surface area contributed by atoms with Crippen molar-refractivity contribution < 1.29 is 18.7 Å². The number of ether oxygens (including phenoxy) is 1. The molecule has 0 saturated carbocycles. The van der Waals surface area contributed by atoms with Crippen molar-refractivity contribution in [1.82, 2.24) is 0 Å². The van der Waals surface area contributed by atoms with Gasteiger partial charge in [0.05, 0.1) is 6.26 Å². The number of hydrogen-bond acceptors (Lipinski definition) is 5. The minimum Gasteiger partial charge on any atom is -0.461 e. The fourth-order valence-electron chi connectivity index (χ4n) is 1.20. The van der Waals surface area contributed by atoms with E-state index < -0.39 is 17.6 Å². The quantitative estimate of drug-likeness (QED) is 0.636. The maximum absolute atomic E-state index is 11.6. The second kappa shape index (κ2) is 5.14. The van der Waals surface area contributed by atoms with Crippen molar-refractivity contribution in [2.24, 2.45) is 5.73 Å². The molecule has 5 nitrogen and oxygen atoms in total. The molecule has 1 rings (SSSR count). The van der Waals surface area contributed by atoms with Gasteiger partial charge in [-0.2, -0.15) is 0 Å². The molecule has 0 aliphatic heterocycles. The van der Waals surface area contributed by atoms with Crippen LogP contribution in [-0.4, -0.2) is 23.4 Å². The van der Waals surface area contributed by atoms with E-state index in [1.165, 1.54) is 12.3 Å². The molecule has 0 bridgehead atoms. The summed E-state index contributed by atoms with van der Waals surface area (Å²) >= 11 is 0. The Morgan fingerprint density at radius 2 is 2.12 bits per heavy atom. The molecule has 0 spiro atoms. The normalized spacial score (nSPS) is 13.2. The van der Waals surface area contributed by atoms with Gasteiger partial charge in [-0.05, 0) is 32.9 Å². The Morgan fingerprint density at radius 1 is 1.47 bits per heavy atom. The van der Waals surface area contributed by atoms with E-state index in [9.17, 15) is 9.59 Å². The van der Waals surface area contributed by atoms with Crippen LogP contribution in [0.25, 0.3) is 0 Å². The third-order valence-electron chi connectivity index (χ3n) is 1.91. The molecule has 0 aliphatic rings. The minimum absolute atomic E-state index is 0.123. The Balaban J connectivity index is 2.52. The Kier molecular flexibility index (Phi) is 4.07. The van der Waals surface area contributed by atoms with Gasteiger partial charge in [-0.25, -0.2) is 0 Å². The number of rotatable bonds is 4. The van der Waals surface area contributed by atoms with Gasteiger partial charge >= 0.3 is 5.97 Å². The molecular weight excluding hydrogens is 222 g/mol. The highest BCUT2D eigenvalue weighted by Crippen LogP contribution is 2.11. The Labute approximate surface area is 99.9 Å². The number of carbonyl (C=O) groups excluding carboxylic acids is 2. The lowest BCUT2D eigenvalue weighted by atomic mass is 10.1. The molecule has 0 fully saturated rings. The van der Waals surface area contributed by atoms with Crippen molar-refractivity contribution in [2.75, 3.05) is 0 Å². The van der Waals surface area contributed by atoms with Crippen LogP contribution in [0.5, 0.6) is 0 Å². The summed E-state index contributed by atoms with van der Waals surface area (Å²) in [6, 6.07) is 2.17. The van der Waals surface area contributed by atoms with Crippen LogP contribution in [0.1, 0.15) is 37.7 Å². The zero-order valence-electron chi connectivity index (χ0n) is 10.2. The highest BCUT2D eigenvalue weighted by Gasteiger charge is 2.25. The maximum Gasteiger partial charge on any atom is 0.323 e. The van der Waals surface area contributed by atoms with Crippen molar-refractivity contribution in [3.63, 3.8) is 0 Å². The third-order valence-corrected chi connectivity index (χ3v) is 1.91. The first kappa shape index (κ1) is 13.4. The minimum atomic E-state index is -0.966. The Morgan fingerprint density at radius 3 is 2.59 bits per heavy atom. The average Bonchev–Trinajstić information content (AvgIpc) is 2.67. The van der Waals surface area contributed by atoms with E-state index in [-0.39, 0.29) is 18.0 Å². The SMILES string of the molecule is CC(C)(C)OC(=O)C(N)CC(=O)c1ccco1. The van der Waals surface area contributed by atoms with Crippen LogP contribution in [-0.2, 0) is 9.53 Å². The summed E-state index contributed by atoms with van der Waals surface area (Å²) in [5.41, 5.74) is 4.99. The highest BCUT2D eigenvalue weighted by atomic mass is 16.6. The summed E-state index contributed by atoms with van der Waals surface area (Å²) in [5.74, 6) is -0.699. The van der Waals surface area contributed by atoms with Crippen molar-refractivity contribution >= 4 is 11.8 Å². The van der Waals surface area contributed by atoms with Gasteiger partial charge in [0.2, 0.25) is 0 Å². The van der Waals surface area contributed by atoms with Gasteiger partial charge in [-0.3, -0.25) is 9.59 Å². The predicted octanol–water partition coefficient (Wildman–Crippen LogP) is 1.52. The number of nitrogens with two attached hydrogens (primary N) is 1. The molecule has 1 aromatic rings. The molecule has 0 aromatic carbocycles. The topological polar surface area (TPSA) is 82.5 Å². The van der Waals surface area contributed by atoms with E-state index in [4.69, 9.17) is 14.9 Å². The molecule has 5 heteroatoms. The molecule has 0 amide bonds. The van der Waals surface area contributed by atoms with Crippen molar-refractivity contribution in [3.8, 4) is 0 Å². The van der Waals surface area contributed by atoms with Crippen LogP contribution >= 0.6 is 0 Å². The first-order valence-corrected chi connectivity index (χ1v) is 5.35. The van der Waals surface area contributed by atoms with Gasteiger partial charge < -0.3 is 14.9 Å². The number of ketones is 1. The van der Waals surface area contributed by atoms with Crippen LogP contribution in [0.15, 0.2) is 22.8 Å². The second-order valence-corrected chi connectivity index (χ2v) is 4.74. The monoisotopic (exact) mass is 239 g/mol. The fourth-order valence-corrected chi connectivity index (χ4v) is 1.20. The van der Waals surface area contributed by atoms with E-state index in [2.05, 4.69) is 0 Å². The van der Waals surface area contributed by atoms with Crippen molar-refractivity contribution in [3.05, 3.63) is 24.2 Å². The number of furan rings is 1. The molecule has 94 valence electrons. The molecule has 0 saturated heterocycles. The van der Waals surface area contributed by atoms with Gasteiger partial charge in [0, 0.05) is 6.42 Å². The molecule has 2 N–H and O–H groups in total. The van der Waals surface area contributed by atoms with Gasteiger partial charge in [-0.15, -0.1) is 0 Å². The van der Waals surface area contributed by atoms with E-state index in [0.717, 1.165) is 0 Å². The van der Waals surface area contributed by atoms with Crippen LogP contribution in [0.4, 0.5) is 0 Å². The molecule has 1 atom stereocenters. The van der Waals surface area contributed by atoms with Crippen LogP contribution in [0.3, 0.4) is 0 Å². The van der Waals surface area contributed by atoms with Crippen molar-refractivity contribution in [2.45, 2.75) is 38.8 Å². The lowest BCUT2D eigenvalue weighted by molar-refractivity contribution is -0.156. The van der Waals surface area contributed by atoms with Crippen molar-refractivity contribution in [1.29, 1.82) is 0 Å². The number of carbonyl (C=O) groups is 2. The summed E-state index contributed by atoms with van der Waals surface area (Å²) in [4.78, 5) is 23.1. The van der Waals surface area contributed by atoms with Crippen LogP contribution < -0.4 is 5.73 Å². The zero-order valence-corrected chi connectivity index (χ0v) is 10.2. The standard InChI is InChI=1S/C12H17NO4/c1-12(2,3)17-11(15)8(13)7-9(14)10-5-4-6-16-10/h4-6,8H,7,13H2,1-3H3. The second-order valence-electron chi connectivity index (χ2n) is 4.74. The molecule has 0 aliphatic carbocycles. The van der Waals surface area contributed by atoms with Crippen LogP contribution in [0, 0.1) is 0 Å². The number of hydrogen-bond donors (Lipinski definition) is 1. The largest absolute Gasteiger partial charge is 0.461 e. The number of Topliss-reactive ketones (excluding diaryl/α,β-unsaturated/α-hetero) is 1. The fraction of sp³-hybridized carbons (Fsp3) is 0.500. The molecule has 1 aromatic heterocycles. The lowest BCUT2D eigenvalue weighted by Gasteiger charge is -2.21. The smallest absolute Gasteiger partial charge is 0.323 e. The maximum atomic E-state index is 11.6. The van der Waals surface area contributed by atoms with E-state index >= 15 is 0 Å². The summed E-state index contributed by atoms with van der Waals surface area (Å²) in [6.45, 7) is 5.23. The molecule has 1 heterocycles. The third kappa shape index (κ3) is 4.40. The van der Waals surface area contributed by atoms with Gasteiger partial charge in [0.1, 0.15) is 11.6 Å². The van der Waals surface area contributed by atoms with E-state index in [1.807, 2.05) is 0 Å². The summed E-state index contributed by atoms with van der Waals surface area (Å²) < 4.78 is 9.99. The van der Waals surface area contributed by atoms with E-state index in [0.29, 0.717) is 0 Å². The Hall–Kier alpha value is -1.62. The summed E-state index contributed by atoms with van der Waals surface area (Å²) in [6.07, 6.45) is 1.27. The first-order valence-electron chi connectivity index (χ1n) is 5.35.